The third kappa shape index (κ3) is 5.36. The summed E-state index contributed by atoms with van der Waals surface area (Å²) in [5, 5.41) is 16.8. The topological polar surface area (TPSA) is 103 Å². The minimum Gasteiger partial charge on any atom is -0.489 e. The van der Waals surface area contributed by atoms with Crippen LogP contribution in [0.15, 0.2) is 54.7 Å². The average molecular weight is 493 g/mol. The zero-order valence-corrected chi connectivity index (χ0v) is 18.4. The molecule has 34 heavy (non-hydrogen) atoms. The van der Waals surface area contributed by atoms with Crippen LogP contribution in [0, 0.1) is 10.1 Å². The predicted molar refractivity (Wildman–Crippen MR) is 121 cm³/mol. The molecule has 0 aliphatic carbocycles. The number of rotatable bonds is 6. The van der Waals surface area contributed by atoms with E-state index < -0.39 is 22.3 Å². The van der Waals surface area contributed by atoms with Crippen molar-refractivity contribution in [2.75, 3.05) is 17.2 Å². The molecule has 3 aromatic rings. The fourth-order valence-electron chi connectivity index (χ4n) is 3.26. The Morgan fingerprint density at radius 1 is 1.21 bits per heavy atom. The van der Waals surface area contributed by atoms with Crippen LogP contribution in [0.5, 0.6) is 11.8 Å². The van der Waals surface area contributed by atoms with Crippen molar-refractivity contribution >= 4 is 34.5 Å². The maximum atomic E-state index is 12.7. The first-order valence-electron chi connectivity index (χ1n) is 9.89. The van der Waals surface area contributed by atoms with Gasteiger partial charge in [-0.2, -0.15) is 13.2 Å². The van der Waals surface area contributed by atoms with E-state index in [0.717, 1.165) is 12.1 Å². The Kier molecular flexibility index (Phi) is 6.04. The molecule has 1 aromatic heterocycles. The minimum atomic E-state index is -4.40. The first-order valence-corrected chi connectivity index (χ1v) is 10.3. The number of benzene rings is 2. The summed E-state index contributed by atoms with van der Waals surface area (Å²) in [6, 6.07) is 11.6. The van der Waals surface area contributed by atoms with Gasteiger partial charge in [0.15, 0.2) is 10.7 Å². The molecule has 9 nitrogen and oxygen atoms in total. The van der Waals surface area contributed by atoms with E-state index >= 15 is 0 Å². The molecule has 1 aliphatic rings. The van der Waals surface area contributed by atoms with E-state index in [2.05, 4.69) is 15.6 Å². The molecule has 0 amide bonds. The lowest BCUT2D eigenvalue weighted by atomic mass is 10.1. The summed E-state index contributed by atoms with van der Waals surface area (Å²) in [6.07, 6.45) is -3.08. The van der Waals surface area contributed by atoms with Crippen molar-refractivity contribution < 1.29 is 27.6 Å². The van der Waals surface area contributed by atoms with Gasteiger partial charge in [0.05, 0.1) is 12.1 Å². The lowest BCUT2D eigenvalue weighted by Gasteiger charge is -2.22. The van der Waals surface area contributed by atoms with Gasteiger partial charge >= 0.3 is 18.0 Å². The second-order valence-corrected chi connectivity index (χ2v) is 8.19. The SMILES string of the molecule is C[C@]1(COc2ccc(NC(=S)Nc3ccc(C(F)(F)F)cc3)cc2)Cn2cc([N+](=O)[O-])nc2O1. The number of fused-ring (bicyclic) bond motifs is 1. The van der Waals surface area contributed by atoms with Gasteiger partial charge in [-0.05, 0) is 72.6 Å². The maximum Gasteiger partial charge on any atom is 0.416 e. The molecule has 0 bridgehead atoms. The molecule has 0 spiro atoms. The number of hydrogen-bond acceptors (Lipinski definition) is 6. The van der Waals surface area contributed by atoms with Crippen molar-refractivity contribution in [3.8, 4) is 11.8 Å². The molecule has 1 aliphatic heterocycles. The zero-order valence-electron chi connectivity index (χ0n) is 17.6. The predicted octanol–water partition coefficient (Wildman–Crippen LogP) is 4.85. The van der Waals surface area contributed by atoms with Crippen molar-refractivity contribution in [2.45, 2.75) is 25.2 Å². The van der Waals surface area contributed by atoms with Crippen molar-refractivity contribution in [1.29, 1.82) is 0 Å². The molecule has 0 saturated heterocycles. The number of nitro groups is 1. The van der Waals surface area contributed by atoms with E-state index in [0.29, 0.717) is 23.7 Å². The lowest BCUT2D eigenvalue weighted by molar-refractivity contribution is -0.389. The number of ether oxygens (including phenoxy) is 2. The van der Waals surface area contributed by atoms with E-state index in [1.165, 1.54) is 18.3 Å². The molecule has 2 aromatic carbocycles. The third-order valence-electron chi connectivity index (χ3n) is 4.88. The highest BCUT2D eigenvalue weighted by Gasteiger charge is 2.41. The summed E-state index contributed by atoms with van der Waals surface area (Å²) in [5.74, 6) is 0.291. The Hall–Kier alpha value is -3.87. The molecular formula is C21H18F3N5O4S. The number of anilines is 2. The van der Waals surface area contributed by atoms with Crippen LogP contribution in [0.2, 0.25) is 0 Å². The van der Waals surface area contributed by atoms with Gasteiger partial charge in [-0.1, -0.05) is 0 Å². The Bertz CT molecular complexity index is 1190. The molecule has 1 atom stereocenters. The van der Waals surface area contributed by atoms with Crippen LogP contribution in [0.25, 0.3) is 0 Å². The molecule has 0 saturated carbocycles. The number of hydrogen-bond donors (Lipinski definition) is 2. The van der Waals surface area contributed by atoms with Crippen molar-refractivity contribution in [3.63, 3.8) is 0 Å². The van der Waals surface area contributed by atoms with Gasteiger partial charge in [0.2, 0.25) is 0 Å². The van der Waals surface area contributed by atoms with Crippen molar-refractivity contribution in [3.05, 3.63) is 70.4 Å². The van der Waals surface area contributed by atoms with Gasteiger partial charge in [0, 0.05) is 16.4 Å². The molecule has 178 valence electrons. The Balaban J connectivity index is 1.27. The number of nitrogens with zero attached hydrogens (tertiary/aromatic N) is 3. The molecule has 4 rings (SSSR count). The zero-order chi connectivity index (χ0) is 24.5. The Morgan fingerprint density at radius 3 is 2.32 bits per heavy atom. The average Bonchev–Trinajstić information content (AvgIpc) is 3.28. The van der Waals surface area contributed by atoms with Crippen molar-refractivity contribution in [2.24, 2.45) is 0 Å². The molecule has 0 unspecified atom stereocenters. The number of alkyl halides is 3. The number of thiocarbonyl (C=S) groups is 1. The molecule has 0 radical (unpaired) electrons. The number of nitrogens with one attached hydrogen (secondary N) is 2. The van der Waals surface area contributed by atoms with Gasteiger partial charge < -0.3 is 30.2 Å². The smallest absolute Gasteiger partial charge is 0.416 e. The maximum absolute atomic E-state index is 12.7. The summed E-state index contributed by atoms with van der Waals surface area (Å²) >= 11 is 5.20. The van der Waals surface area contributed by atoms with Gasteiger partial charge in [0.1, 0.15) is 18.6 Å². The summed E-state index contributed by atoms with van der Waals surface area (Å²) in [4.78, 5) is 14.1. The van der Waals surface area contributed by atoms with Crippen LogP contribution >= 0.6 is 12.2 Å². The first kappa shape index (κ1) is 23.3. The number of aromatic nitrogens is 2. The van der Waals surface area contributed by atoms with Gasteiger partial charge in [0.25, 0.3) is 0 Å². The number of imidazole rings is 1. The monoisotopic (exact) mass is 493 g/mol. The van der Waals surface area contributed by atoms with E-state index in [1.54, 1.807) is 28.8 Å². The van der Waals surface area contributed by atoms with E-state index in [-0.39, 0.29) is 23.5 Å². The first-order chi connectivity index (χ1) is 16.0. The van der Waals surface area contributed by atoms with Crippen LogP contribution < -0.4 is 20.1 Å². The second kappa shape index (κ2) is 8.82. The summed E-state index contributed by atoms with van der Waals surface area (Å²) < 4.78 is 51.1. The Morgan fingerprint density at radius 2 is 1.79 bits per heavy atom. The van der Waals surface area contributed by atoms with Crippen LogP contribution in [-0.4, -0.2) is 31.8 Å². The third-order valence-corrected chi connectivity index (χ3v) is 5.09. The highest BCUT2D eigenvalue weighted by molar-refractivity contribution is 7.80. The normalized spacial score (nSPS) is 16.9. The summed E-state index contributed by atoms with van der Waals surface area (Å²) in [6.45, 7) is 2.35. The summed E-state index contributed by atoms with van der Waals surface area (Å²) in [5.41, 5.74) is -0.412. The van der Waals surface area contributed by atoms with E-state index in [1.807, 2.05) is 6.92 Å². The molecule has 2 heterocycles. The van der Waals surface area contributed by atoms with E-state index in [4.69, 9.17) is 21.7 Å². The standard InChI is InChI=1S/C21H18F3N5O4S/c1-20(11-28-10-17(29(30)31)27-19(28)33-20)12-32-16-8-6-15(7-9-16)26-18(34)25-14-4-2-13(3-5-14)21(22,23)24/h2-10H,11-12H2,1H3,(H2,25,26,34)/t20-/m1/s1. The molecule has 13 heteroatoms. The fraction of sp³-hybridized carbons (Fsp3) is 0.238. The largest absolute Gasteiger partial charge is 0.489 e. The fourth-order valence-corrected chi connectivity index (χ4v) is 3.50. The second-order valence-electron chi connectivity index (χ2n) is 7.79. The summed E-state index contributed by atoms with van der Waals surface area (Å²) in [7, 11) is 0. The molecule has 0 fully saturated rings. The highest BCUT2D eigenvalue weighted by Crippen LogP contribution is 2.32. The van der Waals surface area contributed by atoms with Gasteiger partial charge in [-0.3, -0.25) is 4.57 Å². The van der Waals surface area contributed by atoms with Gasteiger partial charge in [-0.25, -0.2) is 0 Å². The number of halogens is 3. The van der Waals surface area contributed by atoms with Gasteiger partial charge in [-0.15, -0.1) is 0 Å². The van der Waals surface area contributed by atoms with Crippen LogP contribution in [0.4, 0.5) is 30.4 Å². The quantitative estimate of drug-likeness (QED) is 0.285. The highest BCUT2D eigenvalue weighted by atomic mass is 32.1. The van der Waals surface area contributed by atoms with Crippen LogP contribution in [0.1, 0.15) is 12.5 Å². The minimum absolute atomic E-state index is 0.173. The molecular weight excluding hydrogens is 475 g/mol. The van der Waals surface area contributed by atoms with Crippen LogP contribution in [-0.2, 0) is 12.7 Å². The lowest BCUT2D eigenvalue weighted by Crippen LogP contribution is -2.38. The van der Waals surface area contributed by atoms with E-state index in [9.17, 15) is 23.3 Å². The van der Waals surface area contributed by atoms with Crippen LogP contribution in [0.3, 0.4) is 0 Å². The molecule has 2 N–H and O–H groups in total. The van der Waals surface area contributed by atoms with Crippen molar-refractivity contribution in [1.82, 2.24) is 9.55 Å². The Labute approximate surface area is 196 Å².